The van der Waals surface area contributed by atoms with E-state index in [-0.39, 0.29) is 18.2 Å². The van der Waals surface area contributed by atoms with E-state index in [2.05, 4.69) is 11.1 Å². The largest absolute Gasteiger partial charge is 0.496 e. The van der Waals surface area contributed by atoms with Crippen LogP contribution in [-0.2, 0) is 12.8 Å². The van der Waals surface area contributed by atoms with Gasteiger partial charge in [0.15, 0.2) is 5.78 Å². The Labute approximate surface area is 182 Å². The van der Waals surface area contributed by atoms with E-state index in [0.717, 1.165) is 65.8 Å². The summed E-state index contributed by atoms with van der Waals surface area (Å²) in [5, 5.41) is 25.5. The van der Waals surface area contributed by atoms with Crippen LogP contribution in [0.25, 0.3) is 0 Å². The number of Topliss-reactive ketones (excluding diaryl/α,β-unsaturated/α-hetero) is 1. The fourth-order valence-electron chi connectivity index (χ4n) is 3.42. The van der Waals surface area contributed by atoms with Crippen molar-refractivity contribution in [3.8, 4) is 11.5 Å². The second-order valence-corrected chi connectivity index (χ2v) is 5.94. The maximum atomic E-state index is 11.3. The molecule has 0 bridgehead atoms. The van der Waals surface area contributed by atoms with Crippen LogP contribution in [0, 0.1) is 0 Å². The number of halogens is 1. The number of oxime groups is 1. The average Bonchev–Trinajstić information content (AvgIpc) is 3.40. The van der Waals surface area contributed by atoms with Gasteiger partial charge in [-0.25, -0.2) is 5.90 Å². The van der Waals surface area contributed by atoms with E-state index in [0.29, 0.717) is 6.42 Å². The summed E-state index contributed by atoms with van der Waals surface area (Å²) in [4.78, 5) is 11.3. The summed E-state index contributed by atoms with van der Waals surface area (Å²) in [5.41, 5.74) is 4.84. The van der Waals surface area contributed by atoms with Crippen LogP contribution in [0.4, 0.5) is 0 Å². The van der Waals surface area contributed by atoms with Gasteiger partial charge in [-0.3, -0.25) is 4.79 Å². The predicted molar refractivity (Wildman–Crippen MR) is 117 cm³/mol. The van der Waals surface area contributed by atoms with Crippen LogP contribution in [0.2, 0.25) is 0 Å². The van der Waals surface area contributed by atoms with Gasteiger partial charge >= 0.3 is 0 Å². The fraction of sp³-hybridized carbons (Fsp3) is 0.333. The SMILES string of the molecule is CO.COc1cccc2c1CC/C2=N\O.COc1cccc2c1CCC2=O.Cl.NO. The highest BCUT2D eigenvalue weighted by Crippen LogP contribution is 2.31. The zero-order chi connectivity index (χ0) is 21.8. The van der Waals surface area contributed by atoms with Gasteiger partial charge in [0.25, 0.3) is 0 Å². The van der Waals surface area contributed by atoms with Gasteiger partial charge in [-0.15, -0.1) is 12.4 Å². The average molecular weight is 441 g/mol. The molecule has 0 unspecified atom stereocenters. The Morgan fingerprint density at radius 3 is 1.80 bits per heavy atom. The van der Waals surface area contributed by atoms with Gasteiger partial charge in [-0.05, 0) is 31.4 Å². The Kier molecular flexibility index (Phi) is 13.1. The van der Waals surface area contributed by atoms with Crippen LogP contribution < -0.4 is 15.4 Å². The second kappa shape index (κ2) is 14.4. The summed E-state index contributed by atoms with van der Waals surface area (Å²) >= 11 is 0. The normalized spacial score (nSPS) is 13.8. The van der Waals surface area contributed by atoms with Crippen LogP contribution in [0.5, 0.6) is 11.5 Å². The van der Waals surface area contributed by atoms with E-state index in [1.807, 2.05) is 36.4 Å². The molecule has 8 nitrogen and oxygen atoms in total. The van der Waals surface area contributed by atoms with Crippen molar-refractivity contribution in [2.45, 2.75) is 25.7 Å². The van der Waals surface area contributed by atoms with Gasteiger partial charge < -0.3 is 25.0 Å². The molecule has 30 heavy (non-hydrogen) atoms. The van der Waals surface area contributed by atoms with Gasteiger partial charge in [-0.2, -0.15) is 0 Å². The van der Waals surface area contributed by atoms with E-state index in [1.54, 1.807) is 14.2 Å². The molecule has 0 aromatic heterocycles. The zero-order valence-corrected chi connectivity index (χ0v) is 18.1. The topological polar surface area (TPSA) is 135 Å². The molecule has 5 N–H and O–H groups in total. The molecule has 2 aromatic rings. The monoisotopic (exact) mass is 440 g/mol. The lowest BCUT2D eigenvalue weighted by molar-refractivity contribution is 0.0994. The number of ether oxygens (including phenoxy) is 2. The quantitative estimate of drug-likeness (QED) is 0.416. The van der Waals surface area contributed by atoms with E-state index in [4.69, 9.17) is 25.0 Å². The fourth-order valence-corrected chi connectivity index (χ4v) is 3.42. The maximum absolute atomic E-state index is 11.3. The molecule has 0 saturated heterocycles. The number of ketones is 1. The molecule has 0 saturated carbocycles. The molecule has 0 radical (unpaired) electrons. The Morgan fingerprint density at radius 2 is 1.30 bits per heavy atom. The van der Waals surface area contributed by atoms with Crippen LogP contribution in [0.15, 0.2) is 41.6 Å². The highest BCUT2D eigenvalue weighted by molar-refractivity contribution is 6.04. The van der Waals surface area contributed by atoms with Gasteiger partial charge in [-0.1, -0.05) is 29.4 Å². The van der Waals surface area contributed by atoms with Crippen molar-refractivity contribution in [3.05, 3.63) is 58.7 Å². The van der Waals surface area contributed by atoms with Gasteiger partial charge in [0.1, 0.15) is 11.5 Å². The van der Waals surface area contributed by atoms with Crippen LogP contribution in [-0.4, -0.2) is 48.3 Å². The molecule has 2 aromatic carbocycles. The van der Waals surface area contributed by atoms with Crippen LogP contribution in [0.1, 0.15) is 39.9 Å². The Bertz CT molecular complexity index is 842. The van der Waals surface area contributed by atoms with E-state index >= 15 is 0 Å². The highest BCUT2D eigenvalue weighted by Gasteiger charge is 2.22. The molecule has 166 valence electrons. The minimum Gasteiger partial charge on any atom is -0.496 e. The molecule has 0 spiro atoms. The number of aliphatic hydroxyl groups is 1. The van der Waals surface area contributed by atoms with Crippen LogP contribution in [0.3, 0.4) is 0 Å². The first-order valence-corrected chi connectivity index (χ1v) is 8.96. The lowest BCUT2D eigenvalue weighted by atomic mass is 10.1. The summed E-state index contributed by atoms with van der Waals surface area (Å²) in [6.07, 6.45) is 3.17. The number of methoxy groups -OCH3 is 2. The lowest BCUT2D eigenvalue weighted by Gasteiger charge is -2.05. The van der Waals surface area contributed by atoms with Gasteiger partial charge in [0, 0.05) is 35.8 Å². The van der Waals surface area contributed by atoms with Crippen LogP contribution >= 0.6 is 12.4 Å². The molecule has 9 heteroatoms. The van der Waals surface area contributed by atoms with Crippen molar-refractivity contribution in [1.82, 2.24) is 0 Å². The van der Waals surface area contributed by atoms with Gasteiger partial charge in [0.05, 0.1) is 19.9 Å². The summed E-state index contributed by atoms with van der Waals surface area (Å²) in [5.74, 6) is 5.47. The van der Waals surface area contributed by atoms with E-state index in [9.17, 15) is 4.79 Å². The van der Waals surface area contributed by atoms with Crippen molar-refractivity contribution in [1.29, 1.82) is 0 Å². The molecule has 0 heterocycles. The number of carbonyl (C=O) groups is 1. The standard InChI is InChI=1S/C10H11NO2.C10H10O2.CH4O.ClH.H3NO/c1-13-10-4-2-3-7-8(10)5-6-9(7)11-12;1-12-10-4-2-3-7-8(10)5-6-9(7)11;1-2;;1-2/h2-4,12H,5-6H2,1H3;2-4H,5-6H2,1H3;2H,1H3;1H;2H,1H2/b11-9+;;;;. The van der Waals surface area contributed by atoms with E-state index in [1.165, 1.54) is 0 Å². The summed E-state index contributed by atoms with van der Waals surface area (Å²) in [7, 11) is 4.29. The Balaban J connectivity index is 0.000000469. The molecule has 2 aliphatic carbocycles. The molecule has 0 fully saturated rings. The van der Waals surface area contributed by atoms with Crippen molar-refractivity contribution in [2.24, 2.45) is 11.1 Å². The molecular weight excluding hydrogens is 412 g/mol. The molecule has 2 aliphatic rings. The number of benzene rings is 2. The highest BCUT2D eigenvalue weighted by atomic mass is 35.5. The third-order valence-corrected chi connectivity index (χ3v) is 4.65. The first-order chi connectivity index (χ1) is 14.2. The number of fused-ring (bicyclic) bond motifs is 2. The molecule has 4 rings (SSSR count). The van der Waals surface area contributed by atoms with Crippen molar-refractivity contribution in [2.75, 3.05) is 21.3 Å². The molecular formula is C21H29ClN2O6. The number of aliphatic hydroxyl groups excluding tert-OH is 1. The smallest absolute Gasteiger partial charge is 0.163 e. The minimum atomic E-state index is 0. The number of nitrogens with zero attached hydrogens (tertiary/aromatic N) is 1. The molecule has 0 aliphatic heterocycles. The predicted octanol–water partition coefficient (Wildman–Crippen LogP) is 3.01. The van der Waals surface area contributed by atoms with E-state index < -0.39 is 0 Å². The zero-order valence-electron chi connectivity index (χ0n) is 17.3. The number of hydrogen-bond acceptors (Lipinski definition) is 8. The van der Waals surface area contributed by atoms with Crippen molar-refractivity contribution < 1.29 is 29.8 Å². The molecule has 0 atom stereocenters. The number of hydrogen-bond donors (Lipinski definition) is 4. The van der Waals surface area contributed by atoms with Crippen molar-refractivity contribution >= 4 is 23.9 Å². The Morgan fingerprint density at radius 1 is 0.833 bits per heavy atom. The van der Waals surface area contributed by atoms with Gasteiger partial charge in [0.2, 0.25) is 0 Å². The molecule has 0 amide bonds. The lowest BCUT2D eigenvalue weighted by Crippen LogP contribution is -1.94. The number of rotatable bonds is 2. The maximum Gasteiger partial charge on any atom is 0.163 e. The first kappa shape index (κ1) is 27.4. The summed E-state index contributed by atoms with van der Waals surface area (Å²) < 4.78 is 10.4. The summed E-state index contributed by atoms with van der Waals surface area (Å²) in [6.45, 7) is 0. The number of carbonyl (C=O) groups excluding carboxylic acids is 1. The van der Waals surface area contributed by atoms with Crippen molar-refractivity contribution in [3.63, 3.8) is 0 Å². The first-order valence-electron chi connectivity index (χ1n) is 8.96. The third-order valence-electron chi connectivity index (χ3n) is 4.65. The number of nitrogens with two attached hydrogens (primary N) is 1. The third kappa shape index (κ3) is 6.17. The second-order valence-electron chi connectivity index (χ2n) is 5.94. The minimum absolute atomic E-state index is 0. The summed E-state index contributed by atoms with van der Waals surface area (Å²) in [6, 6.07) is 11.4. The Hall–Kier alpha value is -2.65.